The SMILES string of the molecule is CC1=C(C)C(=O)C(C(CCCCCC(=O)N2CCN(CCc3ccccc3)CC2)c2ccccc2)=C(C)C1=O. The molecule has 1 unspecified atom stereocenters. The first-order valence-corrected chi connectivity index (χ1v) is 14.4. The van der Waals surface area contributed by atoms with E-state index >= 15 is 0 Å². The second kappa shape index (κ2) is 13.7. The lowest BCUT2D eigenvalue weighted by Crippen LogP contribution is -2.49. The molecule has 1 fully saturated rings. The maximum atomic E-state index is 13.3. The average molecular weight is 527 g/mol. The van der Waals surface area contributed by atoms with Gasteiger partial charge in [-0.2, -0.15) is 0 Å². The number of rotatable bonds is 11. The summed E-state index contributed by atoms with van der Waals surface area (Å²) < 4.78 is 0. The van der Waals surface area contributed by atoms with Crippen molar-refractivity contribution in [2.24, 2.45) is 0 Å². The molecule has 1 amide bonds. The number of carbonyl (C=O) groups is 3. The number of nitrogens with zero attached hydrogens (tertiary/aromatic N) is 2. The number of hydrogen-bond acceptors (Lipinski definition) is 4. The van der Waals surface area contributed by atoms with Gasteiger partial charge < -0.3 is 4.90 Å². The van der Waals surface area contributed by atoms with Crippen molar-refractivity contribution in [1.82, 2.24) is 9.80 Å². The Hall–Kier alpha value is -3.31. The molecule has 4 rings (SSSR count). The minimum atomic E-state index is -0.106. The molecule has 1 heterocycles. The Kier molecular flexibility index (Phi) is 10.0. The zero-order valence-electron chi connectivity index (χ0n) is 23.7. The summed E-state index contributed by atoms with van der Waals surface area (Å²) in [5.41, 5.74) is 4.78. The second-order valence-corrected chi connectivity index (χ2v) is 11.0. The van der Waals surface area contributed by atoms with Gasteiger partial charge in [0.1, 0.15) is 0 Å². The van der Waals surface area contributed by atoms with Gasteiger partial charge in [0.05, 0.1) is 0 Å². The highest BCUT2D eigenvalue weighted by molar-refractivity contribution is 6.25. The number of allylic oxidation sites excluding steroid dienone is 4. The molecule has 206 valence electrons. The highest BCUT2D eigenvalue weighted by Gasteiger charge is 2.33. The summed E-state index contributed by atoms with van der Waals surface area (Å²) >= 11 is 0. The van der Waals surface area contributed by atoms with Crippen LogP contribution in [-0.4, -0.2) is 60.0 Å². The molecular formula is C34H42N2O3. The van der Waals surface area contributed by atoms with Crippen LogP contribution in [0.4, 0.5) is 0 Å². The van der Waals surface area contributed by atoms with E-state index in [0.717, 1.165) is 70.4 Å². The number of unbranched alkanes of at least 4 members (excludes halogenated alkanes) is 2. The van der Waals surface area contributed by atoms with E-state index in [1.165, 1.54) is 5.56 Å². The van der Waals surface area contributed by atoms with Crippen molar-refractivity contribution in [3.8, 4) is 0 Å². The molecule has 5 nitrogen and oxygen atoms in total. The van der Waals surface area contributed by atoms with Crippen LogP contribution in [-0.2, 0) is 20.8 Å². The summed E-state index contributed by atoms with van der Waals surface area (Å²) in [5.74, 6) is 0.121. The molecule has 0 bridgehead atoms. The van der Waals surface area contributed by atoms with Crippen LogP contribution in [0.1, 0.15) is 69.9 Å². The summed E-state index contributed by atoms with van der Waals surface area (Å²) in [5, 5.41) is 0. The van der Waals surface area contributed by atoms with Gasteiger partial charge >= 0.3 is 0 Å². The summed E-state index contributed by atoms with van der Waals surface area (Å²) in [6, 6.07) is 20.6. The number of piperazine rings is 1. The molecular weight excluding hydrogens is 484 g/mol. The van der Waals surface area contributed by atoms with Crippen LogP contribution in [0.5, 0.6) is 0 Å². The first-order chi connectivity index (χ1) is 18.9. The molecule has 0 radical (unpaired) electrons. The van der Waals surface area contributed by atoms with Crippen molar-refractivity contribution < 1.29 is 14.4 Å². The number of amides is 1. The largest absolute Gasteiger partial charge is 0.340 e. The average Bonchev–Trinajstić information content (AvgIpc) is 2.98. The van der Waals surface area contributed by atoms with Crippen LogP contribution in [0, 0.1) is 0 Å². The fraction of sp³-hybridized carbons (Fsp3) is 0.441. The predicted octanol–water partition coefficient (Wildman–Crippen LogP) is 5.91. The summed E-state index contributed by atoms with van der Waals surface area (Å²) in [4.78, 5) is 43.4. The highest BCUT2D eigenvalue weighted by atomic mass is 16.2. The van der Waals surface area contributed by atoms with E-state index < -0.39 is 0 Å². The molecule has 2 aromatic carbocycles. The Morgan fingerprint density at radius 2 is 1.36 bits per heavy atom. The van der Waals surface area contributed by atoms with Gasteiger partial charge in [-0.15, -0.1) is 0 Å². The molecule has 1 aliphatic heterocycles. The van der Waals surface area contributed by atoms with Crippen LogP contribution >= 0.6 is 0 Å². The Balaban J connectivity index is 1.24. The Morgan fingerprint density at radius 1 is 0.744 bits per heavy atom. The molecule has 0 N–H and O–H groups in total. The molecule has 1 saturated heterocycles. The Morgan fingerprint density at radius 3 is 2.03 bits per heavy atom. The summed E-state index contributed by atoms with van der Waals surface area (Å²) in [6.45, 7) is 9.82. The summed E-state index contributed by atoms with van der Waals surface area (Å²) in [7, 11) is 0. The van der Waals surface area contributed by atoms with E-state index in [4.69, 9.17) is 0 Å². The molecule has 1 atom stereocenters. The van der Waals surface area contributed by atoms with E-state index in [2.05, 4.69) is 29.2 Å². The van der Waals surface area contributed by atoms with Gasteiger partial charge in [-0.3, -0.25) is 19.3 Å². The van der Waals surface area contributed by atoms with Crippen LogP contribution in [0.15, 0.2) is 83.0 Å². The fourth-order valence-electron chi connectivity index (χ4n) is 5.81. The summed E-state index contributed by atoms with van der Waals surface area (Å²) in [6.07, 6.45) is 5.08. The van der Waals surface area contributed by atoms with Gasteiger partial charge in [-0.1, -0.05) is 73.5 Å². The van der Waals surface area contributed by atoms with Gasteiger partial charge in [-0.25, -0.2) is 0 Å². The van der Waals surface area contributed by atoms with Gasteiger partial charge in [0.2, 0.25) is 5.91 Å². The minimum absolute atomic E-state index is 0.00320. The molecule has 0 aromatic heterocycles. The van der Waals surface area contributed by atoms with Crippen molar-refractivity contribution in [3.63, 3.8) is 0 Å². The monoisotopic (exact) mass is 526 g/mol. The first-order valence-electron chi connectivity index (χ1n) is 14.4. The van der Waals surface area contributed by atoms with Crippen LogP contribution in [0.2, 0.25) is 0 Å². The standard InChI is InChI=1S/C34H42N2O3/c1-25-26(2)34(39)32(27(3)33(25)38)30(29-15-9-5-10-16-29)17-11-6-12-18-31(37)36-23-21-35(22-24-36)20-19-28-13-7-4-8-14-28/h4-5,7-10,13-16,30H,6,11-12,17-24H2,1-3H3. The molecule has 39 heavy (non-hydrogen) atoms. The number of Topliss-reactive ketones (excluding diaryl/α,β-unsaturated/α-hetero) is 2. The van der Waals surface area contributed by atoms with Crippen molar-refractivity contribution in [3.05, 3.63) is 94.1 Å². The maximum Gasteiger partial charge on any atom is 0.222 e. The quantitative estimate of drug-likeness (QED) is 0.270. The Labute approximate surface area is 233 Å². The fourth-order valence-corrected chi connectivity index (χ4v) is 5.81. The van der Waals surface area contributed by atoms with E-state index in [-0.39, 0.29) is 23.4 Å². The van der Waals surface area contributed by atoms with Gasteiger partial charge in [0, 0.05) is 67.4 Å². The van der Waals surface area contributed by atoms with Crippen molar-refractivity contribution in [1.29, 1.82) is 0 Å². The molecule has 5 heteroatoms. The third kappa shape index (κ3) is 7.21. The molecule has 2 aliphatic rings. The lowest BCUT2D eigenvalue weighted by Gasteiger charge is -2.34. The Bertz CT molecular complexity index is 1220. The topological polar surface area (TPSA) is 57.7 Å². The van der Waals surface area contributed by atoms with Crippen molar-refractivity contribution in [2.75, 3.05) is 32.7 Å². The molecule has 0 saturated carbocycles. The first kappa shape index (κ1) is 28.7. The normalized spacial score (nSPS) is 17.7. The van der Waals surface area contributed by atoms with E-state index in [0.29, 0.717) is 28.7 Å². The van der Waals surface area contributed by atoms with Gasteiger partial charge in [-0.05, 0) is 51.2 Å². The highest BCUT2D eigenvalue weighted by Crippen LogP contribution is 2.37. The zero-order chi connectivity index (χ0) is 27.8. The van der Waals surface area contributed by atoms with Crippen LogP contribution in [0.25, 0.3) is 0 Å². The number of benzene rings is 2. The molecule has 1 aliphatic carbocycles. The number of hydrogen-bond donors (Lipinski definition) is 0. The number of carbonyl (C=O) groups excluding carboxylic acids is 3. The molecule has 0 spiro atoms. The van der Waals surface area contributed by atoms with Crippen molar-refractivity contribution >= 4 is 17.5 Å². The second-order valence-electron chi connectivity index (χ2n) is 11.0. The lowest BCUT2D eigenvalue weighted by atomic mass is 9.76. The predicted molar refractivity (Wildman–Crippen MR) is 157 cm³/mol. The maximum absolute atomic E-state index is 13.3. The molecule has 2 aromatic rings. The zero-order valence-corrected chi connectivity index (χ0v) is 23.7. The van der Waals surface area contributed by atoms with Gasteiger partial charge in [0.25, 0.3) is 0 Å². The van der Waals surface area contributed by atoms with Crippen LogP contribution in [0.3, 0.4) is 0 Å². The van der Waals surface area contributed by atoms with E-state index in [1.807, 2.05) is 41.3 Å². The lowest BCUT2D eigenvalue weighted by molar-refractivity contribution is -0.133. The smallest absolute Gasteiger partial charge is 0.222 e. The minimum Gasteiger partial charge on any atom is -0.340 e. The third-order valence-corrected chi connectivity index (χ3v) is 8.45. The number of ketones is 2. The van der Waals surface area contributed by atoms with Gasteiger partial charge in [0.15, 0.2) is 11.6 Å². The van der Waals surface area contributed by atoms with E-state index in [9.17, 15) is 14.4 Å². The van der Waals surface area contributed by atoms with Crippen LogP contribution < -0.4 is 0 Å². The third-order valence-electron chi connectivity index (χ3n) is 8.45. The van der Waals surface area contributed by atoms with E-state index in [1.54, 1.807) is 20.8 Å². The van der Waals surface area contributed by atoms with Crippen molar-refractivity contribution in [2.45, 2.75) is 65.2 Å².